The molecule has 0 aliphatic carbocycles. The number of ether oxygens (including phenoxy) is 1. The van der Waals surface area contributed by atoms with E-state index in [1.54, 1.807) is 42.5 Å². The molecular weight excluding hydrogens is 532 g/mol. The van der Waals surface area contributed by atoms with Gasteiger partial charge in [-0.3, -0.25) is 14.9 Å². The molecular formula is C30H19ClN4O5. The van der Waals surface area contributed by atoms with Gasteiger partial charge in [-0.25, -0.2) is 15.2 Å². The first-order valence-electron chi connectivity index (χ1n) is 11.9. The van der Waals surface area contributed by atoms with Crippen LogP contribution in [0.15, 0.2) is 108 Å². The van der Waals surface area contributed by atoms with Crippen LogP contribution in [0.2, 0.25) is 5.02 Å². The topological polar surface area (TPSA) is 124 Å². The number of non-ortho nitro benzene ring substituents is 1. The summed E-state index contributed by atoms with van der Waals surface area (Å²) < 4.78 is 5.30. The van der Waals surface area contributed by atoms with Crippen LogP contribution in [-0.4, -0.2) is 28.0 Å². The fraction of sp³-hybridized carbons (Fsp3) is 0. The number of esters is 1. The first-order chi connectivity index (χ1) is 19.4. The molecule has 1 N–H and O–H groups in total. The molecule has 0 unspecified atom stereocenters. The van der Waals surface area contributed by atoms with E-state index < -0.39 is 16.8 Å². The maximum atomic E-state index is 13.1. The van der Waals surface area contributed by atoms with Gasteiger partial charge in [0.1, 0.15) is 5.75 Å². The molecule has 0 aliphatic heterocycles. The molecule has 5 rings (SSSR count). The van der Waals surface area contributed by atoms with Crippen molar-refractivity contribution in [3.05, 3.63) is 135 Å². The lowest BCUT2D eigenvalue weighted by atomic mass is 10.0. The summed E-state index contributed by atoms with van der Waals surface area (Å²) in [5.74, 6) is -0.886. The van der Waals surface area contributed by atoms with Crippen molar-refractivity contribution in [2.45, 2.75) is 0 Å². The highest BCUT2D eigenvalue weighted by molar-refractivity contribution is 6.30. The van der Waals surface area contributed by atoms with E-state index in [0.29, 0.717) is 32.7 Å². The lowest BCUT2D eigenvalue weighted by Crippen LogP contribution is -2.18. The van der Waals surface area contributed by atoms with Gasteiger partial charge >= 0.3 is 5.97 Å². The van der Waals surface area contributed by atoms with Crippen LogP contribution < -0.4 is 10.2 Å². The molecule has 5 aromatic rings. The number of fused-ring (bicyclic) bond motifs is 1. The molecule has 0 aliphatic rings. The van der Waals surface area contributed by atoms with E-state index in [1.165, 1.54) is 24.4 Å². The first-order valence-corrected chi connectivity index (χ1v) is 12.3. The summed E-state index contributed by atoms with van der Waals surface area (Å²) in [5, 5.41) is 16.3. The van der Waals surface area contributed by atoms with E-state index in [4.69, 9.17) is 16.3 Å². The Hall–Kier alpha value is -5.41. The van der Waals surface area contributed by atoms with Crippen LogP contribution in [0.3, 0.4) is 0 Å². The number of nitrogens with one attached hydrogen (secondary N) is 1. The van der Waals surface area contributed by atoms with Crippen molar-refractivity contribution in [3.8, 4) is 17.0 Å². The molecule has 40 heavy (non-hydrogen) atoms. The van der Waals surface area contributed by atoms with Crippen molar-refractivity contribution in [2.24, 2.45) is 5.10 Å². The standard InChI is InChI=1S/C30H19ClN4O5/c31-22-12-10-20(11-13-22)28-17-26(25-6-1-2-7-27(25)33-28)29(36)34-32-18-19-8-14-24(15-9-19)40-30(37)21-4-3-5-23(16-21)35(38)39/h1-18H,(H,34,36)/b32-18+. The van der Waals surface area contributed by atoms with Crippen LogP contribution in [0, 0.1) is 10.1 Å². The van der Waals surface area contributed by atoms with E-state index in [0.717, 1.165) is 11.6 Å². The normalized spacial score (nSPS) is 10.9. The Labute approximate surface area is 232 Å². The molecule has 10 heteroatoms. The largest absolute Gasteiger partial charge is 0.423 e. The second-order valence-electron chi connectivity index (χ2n) is 8.54. The number of amides is 1. The highest BCUT2D eigenvalue weighted by Crippen LogP contribution is 2.26. The van der Waals surface area contributed by atoms with Gasteiger partial charge in [-0.2, -0.15) is 5.10 Å². The number of hydrogen-bond acceptors (Lipinski definition) is 7. The Kier molecular flexibility index (Phi) is 7.56. The zero-order chi connectivity index (χ0) is 28.1. The van der Waals surface area contributed by atoms with E-state index >= 15 is 0 Å². The third kappa shape index (κ3) is 6.01. The number of carbonyl (C=O) groups excluding carboxylic acids is 2. The van der Waals surface area contributed by atoms with Gasteiger partial charge in [-0.05, 0) is 60.2 Å². The van der Waals surface area contributed by atoms with Crippen LogP contribution in [0.4, 0.5) is 5.69 Å². The van der Waals surface area contributed by atoms with Crippen LogP contribution in [0.1, 0.15) is 26.3 Å². The summed E-state index contributed by atoms with van der Waals surface area (Å²) in [5.41, 5.74) is 5.57. The SMILES string of the molecule is O=C(Oc1ccc(/C=N/NC(=O)c2cc(-c3ccc(Cl)cc3)nc3ccccc23)cc1)c1cccc([N+](=O)[O-])c1. The molecule has 0 saturated heterocycles. The lowest BCUT2D eigenvalue weighted by molar-refractivity contribution is -0.384. The highest BCUT2D eigenvalue weighted by Gasteiger charge is 2.15. The van der Waals surface area contributed by atoms with E-state index in [2.05, 4.69) is 15.5 Å². The monoisotopic (exact) mass is 550 g/mol. The number of nitro benzene ring substituents is 1. The third-order valence-electron chi connectivity index (χ3n) is 5.86. The third-order valence-corrected chi connectivity index (χ3v) is 6.12. The number of aromatic nitrogens is 1. The summed E-state index contributed by atoms with van der Waals surface area (Å²) in [7, 11) is 0. The molecule has 0 atom stereocenters. The summed E-state index contributed by atoms with van der Waals surface area (Å²) in [6.07, 6.45) is 1.45. The average Bonchev–Trinajstić information content (AvgIpc) is 2.97. The Morgan fingerprint density at radius 3 is 2.42 bits per heavy atom. The molecule has 0 saturated carbocycles. The Morgan fingerprint density at radius 2 is 1.68 bits per heavy atom. The molecule has 9 nitrogen and oxygen atoms in total. The molecule has 0 radical (unpaired) electrons. The fourth-order valence-electron chi connectivity index (χ4n) is 3.89. The van der Waals surface area contributed by atoms with Crippen molar-refractivity contribution < 1.29 is 19.2 Å². The quantitative estimate of drug-likeness (QED) is 0.0816. The minimum Gasteiger partial charge on any atom is -0.423 e. The van der Waals surface area contributed by atoms with Crippen molar-refractivity contribution in [2.75, 3.05) is 0 Å². The predicted octanol–water partition coefficient (Wildman–Crippen LogP) is 6.45. The number of halogens is 1. The van der Waals surface area contributed by atoms with Gasteiger partial charge in [0.15, 0.2) is 0 Å². The maximum absolute atomic E-state index is 13.1. The van der Waals surface area contributed by atoms with Crippen LogP contribution in [-0.2, 0) is 0 Å². The summed E-state index contributed by atoms with van der Waals surface area (Å²) >= 11 is 6.01. The molecule has 1 aromatic heterocycles. The summed E-state index contributed by atoms with van der Waals surface area (Å²) in [4.78, 5) is 40.5. The molecule has 1 heterocycles. The number of hydrogen-bond donors (Lipinski definition) is 1. The number of carbonyl (C=O) groups is 2. The summed E-state index contributed by atoms with van der Waals surface area (Å²) in [6.45, 7) is 0. The number of nitro groups is 1. The van der Waals surface area contributed by atoms with E-state index in [1.807, 2.05) is 36.4 Å². The number of benzene rings is 4. The number of hydrazone groups is 1. The number of rotatable bonds is 7. The van der Waals surface area contributed by atoms with Crippen molar-refractivity contribution in [3.63, 3.8) is 0 Å². The maximum Gasteiger partial charge on any atom is 0.343 e. The molecule has 0 fully saturated rings. The lowest BCUT2D eigenvalue weighted by Gasteiger charge is -2.09. The number of para-hydroxylation sites is 1. The van der Waals surface area contributed by atoms with Crippen molar-refractivity contribution in [1.29, 1.82) is 0 Å². The molecule has 1 amide bonds. The minimum atomic E-state index is -0.722. The fourth-order valence-corrected chi connectivity index (χ4v) is 4.02. The number of pyridine rings is 1. The highest BCUT2D eigenvalue weighted by atomic mass is 35.5. The van der Waals surface area contributed by atoms with Gasteiger partial charge in [-0.1, -0.05) is 48.0 Å². The Balaban J connectivity index is 1.28. The zero-order valence-electron chi connectivity index (χ0n) is 20.7. The second-order valence-corrected chi connectivity index (χ2v) is 8.98. The van der Waals surface area contributed by atoms with Crippen molar-refractivity contribution in [1.82, 2.24) is 10.4 Å². The number of nitrogens with zero attached hydrogens (tertiary/aromatic N) is 3. The van der Waals surface area contributed by atoms with Gasteiger partial charge < -0.3 is 4.74 Å². The van der Waals surface area contributed by atoms with E-state index in [-0.39, 0.29) is 17.0 Å². The minimum absolute atomic E-state index is 0.0606. The average molecular weight is 551 g/mol. The van der Waals surface area contributed by atoms with Crippen LogP contribution >= 0.6 is 11.6 Å². The smallest absolute Gasteiger partial charge is 0.343 e. The molecule has 4 aromatic carbocycles. The van der Waals surface area contributed by atoms with Crippen LogP contribution in [0.25, 0.3) is 22.2 Å². The second kappa shape index (κ2) is 11.5. The first kappa shape index (κ1) is 26.2. The molecule has 0 bridgehead atoms. The van der Waals surface area contributed by atoms with Gasteiger partial charge in [0.2, 0.25) is 0 Å². The van der Waals surface area contributed by atoms with Gasteiger partial charge in [0.25, 0.3) is 11.6 Å². The Bertz CT molecular complexity index is 1770. The zero-order valence-corrected chi connectivity index (χ0v) is 21.4. The summed E-state index contributed by atoms with van der Waals surface area (Å²) in [6, 6.07) is 27.9. The van der Waals surface area contributed by atoms with E-state index in [9.17, 15) is 19.7 Å². The van der Waals surface area contributed by atoms with Gasteiger partial charge in [0, 0.05) is 28.1 Å². The predicted molar refractivity (Wildman–Crippen MR) is 152 cm³/mol. The molecule has 0 spiro atoms. The van der Waals surface area contributed by atoms with Gasteiger partial charge in [0.05, 0.1) is 33.5 Å². The van der Waals surface area contributed by atoms with Crippen LogP contribution in [0.5, 0.6) is 5.75 Å². The van der Waals surface area contributed by atoms with Crippen molar-refractivity contribution >= 4 is 46.3 Å². The molecule has 196 valence electrons. The van der Waals surface area contributed by atoms with Gasteiger partial charge in [-0.15, -0.1) is 0 Å². The Morgan fingerprint density at radius 1 is 0.925 bits per heavy atom.